The molecule has 0 aliphatic heterocycles. The maximum atomic E-state index is 4.15. The van der Waals surface area contributed by atoms with Gasteiger partial charge < -0.3 is 5.32 Å². The fraction of sp³-hybridized carbons (Fsp3) is 0.833. The summed E-state index contributed by atoms with van der Waals surface area (Å²) in [5.41, 5.74) is 1.10. The molecule has 0 aliphatic rings. The van der Waals surface area contributed by atoms with Gasteiger partial charge in [0.25, 0.3) is 0 Å². The maximum absolute atomic E-state index is 4.15. The van der Waals surface area contributed by atoms with Crippen molar-refractivity contribution in [3.8, 4) is 0 Å². The van der Waals surface area contributed by atoms with E-state index in [0.717, 1.165) is 18.7 Å². The van der Waals surface area contributed by atoms with Crippen molar-refractivity contribution in [3.05, 3.63) is 11.9 Å². The van der Waals surface area contributed by atoms with Gasteiger partial charge in [0.2, 0.25) is 0 Å². The van der Waals surface area contributed by atoms with Crippen LogP contribution in [-0.2, 0) is 13.5 Å². The van der Waals surface area contributed by atoms with Gasteiger partial charge in [-0.25, -0.2) is 0 Å². The molecule has 2 unspecified atom stereocenters. The molecule has 4 nitrogen and oxygen atoms in total. The molecule has 0 saturated carbocycles. The number of aryl methyl sites for hydroxylation is 1. The summed E-state index contributed by atoms with van der Waals surface area (Å²) in [5, 5.41) is 11.7. The first-order chi connectivity index (χ1) is 7.67. The third kappa shape index (κ3) is 3.93. The second-order valence-corrected chi connectivity index (χ2v) is 4.50. The Labute approximate surface area is 98.4 Å². The summed E-state index contributed by atoms with van der Waals surface area (Å²) >= 11 is 0. The van der Waals surface area contributed by atoms with Gasteiger partial charge in [0.15, 0.2) is 0 Å². The highest BCUT2D eigenvalue weighted by Crippen LogP contribution is 2.14. The van der Waals surface area contributed by atoms with Gasteiger partial charge in [-0.05, 0) is 32.2 Å². The minimum atomic E-state index is 0.548. The zero-order valence-electron chi connectivity index (χ0n) is 10.9. The highest BCUT2D eigenvalue weighted by Gasteiger charge is 2.16. The van der Waals surface area contributed by atoms with Crippen molar-refractivity contribution in [2.24, 2.45) is 13.0 Å². The summed E-state index contributed by atoms with van der Waals surface area (Å²) in [5.74, 6) is 0.642. The summed E-state index contributed by atoms with van der Waals surface area (Å²) in [7, 11) is 1.91. The average Bonchev–Trinajstić information content (AvgIpc) is 2.68. The van der Waals surface area contributed by atoms with Gasteiger partial charge in [-0.3, -0.25) is 4.68 Å². The van der Waals surface area contributed by atoms with E-state index in [1.807, 2.05) is 13.2 Å². The lowest BCUT2D eigenvalue weighted by Crippen LogP contribution is -2.34. The van der Waals surface area contributed by atoms with Crippen LogP contribution in [0.25, 0.3) is 0 Å². The smallest absolute Gasteiger partial charge is 0.0830 e. The van der Waals surface area contributed by atoms with Gasteiger partial charge in [-0.2, -0.15) is 0 Å². The van der Waals surface area contributed by atoms with Crippen LogP contribution in [0.4, 0.5) is 0 Å². The van der Waals surface area contributed by atoms with Crippen molar-refractivity contribution >= 4 is 0 Å². The van der Waals surface area contributed by atoms with E-state index in [4.69, 9.17) is 0 Å². The molecule has 0 aliphatic carbocycles. The van der Waals surface area contributed by atoms with E-state index in [1.54, 1.807) is 4.68 Å². The molecule has 1 aromatic heterocycles. The standard InChI is InChI=1S/C12H24N4/c1-5-7-13-10(3)11(6-2)8-12-9-16(4)15-14-12/h9-11,13H,5-8H2,1-4H3. The quantitative estimate of drug-likeness (QED) is 0.767. The van der Waals surface area contributed by atoms with Crippen LogP contribution in [0, 0.1) is 5.92 Å². The lowest BCUT2D eigenvalue weighted by atomic mass is 9.93. The Kier molecular flexibility index (Phi) is 5.46. The Morgan fingerprint density at radius 1 is 1.44 bits per heavy atom. The van der Waals surface area contributed by atoms with Crippen LogP contribution < -0.4 is 5.32 Å². The lowest BCUT2D eigenvalue weighted by molar-refractivity contribution is 0.360. The van der Waals surface area contributed by atoms with Gasteiger partial charge in [0.1, 0.15) is 0 Å². The zero-order valence-corrected chi connectivity index (χ0v) is 10.9. The molecule has 1 heterocycles. The monoisotopic (exact) mass is 224 g/mol. The van der Waals surface area contributed by atoms with Crippen molar-refractivity contribution in [3.63, 3.8) is 0 Å². The number of hydrogen-bond donors (Lipinski definition) is 1. The second-order valence-electron chi connectivity index (χ2n) is 4.50. The first-order valence-corrected chi connectivity index (χ1v) is 6.25. The van der Waals surface area contributed by atoms with Crippen molar-refractivity contribution in [2.75, 3.05) is 6.54 Å². The van der Waals surface area contributed by atoms with Crippen molar-refractivity contribution in [1.29, 1.82) is 0 Å². The maximum Gasteiger partial charge on any atom is 0.0830 e. The number of nitrogens with one attached hydrogen (secondary N) is 1. The fourth-order valence-corrected chi connectivity index (χ4v) is 1.97. The molecule has 0 saturated heterocycles. The largest absolute Gasteiger partial charge is 0.314 e. The third-order valence-electron chi connectivity index (χ3n) is 3.07. The Balaban J connectivity index is 2.47. The molecule has 0 amide bonds. The summed E-state index contributed by atoms with van der Waals surface area (Å²) in [4.78, 5) is 0. The van der Waals surface area contributed by atoms with E-state index < -0.39 is 0 Å². The number of rotatable bonds is 7. The van der Waals surface area contributed by atoms with Crippen LogP contribution in [0.3, 0.4) is 0 Å². The SMILES string of the molecule is CCCNC(C)C(CC)Cc1cn(C)nn1. The topological polar surface area (TPSA) is 42.7 Å². The van der Waals surface area contributed by atoms with Gasteiger partial charge in [0, 0.05) is 19.3 Å². The van der Waals surface area contributed by atoms with E-state index in [1.165, 1.54) is 12.8 Å². The number of aromatic nitrogens is 3. The second kappa shape index (κ2) is 6.63. The summed E-state index contributed by atoms with van der Waals surface area (Å²) < 4.78 is 1.77. The Morgan fingerprint density at radius 3 is 2.69 bits per heavy atom. The van der Waals surface area contributed by atoms with Crippen LogP contribution >= 0.6 is 0 Å². The average molecular weight is 224 g/mol. The molecule has 16 heavy (non-hydrogen) atoms. The summed E-state index contributed by atoms with van der Waals surface area (Å²) in [6.45, 7) is 7.80. The van der Waals surface area contributed by atoms with E-state index >= 15 is 0 Å². The molecule has 2 atom stereocenters. The molecule has 0 radical (unpaired) electrons. The van der Waals surface area contributed by atoms with Crippen molar-refractivity contribution in [2.45, 2.75) is 46.1 Å². The molecule has 0 bridgehead atoms. The van der Waals surface area contributed by atoms with Gasteiger partial charge >= 0.3 is 0 Å². The number of hydrogen-bond acceptors (Lipinski definition) is 3. The Bertz CT molecular complexity index is 295. The van der Waals surface area contributed by atoms with Crippen LogP contribution in [0.5, 0.6) is 0 Å². The van der Waals surface area contributed by atoms with Crippen LogP contribution in [0.2, 0.25) is 0 Å². The molecule has 1 aromatic rings. The molecular formula is C12H24N4. The van der Waals surface area contributed by atoms with Crippen molar-refractivity contribution in [1.82, 2.24) is 20.3 Å². The third-order valence-corrected chi connectivity index (χ3v) is 3.07. The Morgan fingerprint density at radius 2 is 2.19 bits per heavy atom. The molecule has 0 fully saturated rings. The molecule has 0 spiro atoms. The Hall–Kier alpha value is -0.900. The van der Waals surface area contributed by atoms with Gasteiger partial charge in [-0.1, -0.05) is 25.5 Å². The van der Waals surface area contributed by atoms with Gasteiger partial charge in [0.05, 0.1) is 5.69 Å². The minimum absolute atomic E-state index is 0.548. The highest BCUT2D eigenvalue weighted by molar-refractivity contribution is 4.95. The predicted octanol–water partition coefficient (Wildman–Crippen LogP) is 1.77. The van der Waals surface area contributed by atoms with E-state index in [-0.39, 0.29) is 0 Å². The molecule has 0 aromatic carbocycles. The molecule has 92 valence electrons. The normalized spacial score (nSPS) is 15.0. The first-order valence-electron chi connectivity index (χ1n) is 6.25. The summed E-state index contributed by atoms with van der Waals surface area (Å²) in [6, 6.07) is 0.548. The lowest BCUT2D eigenvalue weighted by Gasteiger charge is -2.22. The first kappa shape index (κ1) is 13.2. The highest BCUT2D eigenvalue weighted by atomic mass is 15.4. The molecule has 4 heteroatoms. The van der Waals surface area contributed by atoms with Gasteiger partial charge in [-0.15, -0.1) is 5.10 Å². The number of nitrogens with zero attached hydrogens (tertiary/aromatic N) is 3. The molecular weight excluding hydrogens is 200 g/mol. The van der Waals surface area contributed by atoms with Crippen LogP contribution in [-0.4, -0.2) is 27.6 Å². The van der Waals surface area contributed by atoms with E-state index in [2.05, 4.69) is 36.4 Å². The van der Waals surface area contributed by atoms with E-state index in [9.17, 15) is 0 Å². The van der Waals surface area contributed by atoms with Crippen LogP contribution in [0.15, 0.2) is 6.20 Å². The zero-order chi connectivity index (χ0) is 12.0. The fourth-order valence-electron chi connectivity index (χ4n) is 1.97. The van der Waals surface area contributed by atoms with Crippen LogP contribution in [0.1, 0.15) is 39.3 Å². The van der Waals surface area contributed by atoms with Crippen molar-refractivity contribution < 1.29 is 0 Å². The molecule has 1 rings (SSSR count). The summed E-state index contributed by atoms with van der Waals surface area (Å²) in [6.07, 6.45) is 5.39. The molecule has 1 N–H and O–H groups in total. The minimum Gasteiger partial charge on any atom is -0.314 e. The van der Waals surface area contributed by atoms with E-state index in [0.29, 0.717) is 12.0 Å². The predicted molar refractivity (Wildman–Crippen MR) is 66.2 cm³/mol.